The van der Waals surface area contributed by atoms with Gasteiger partial charge in [0.05, 0.1) is 6.54 Å². The molecule has 92 valence electrons. The van der Waals surface area contributed by atoms with E-state index in [2.05, 4.69) is 29.2 Å². The summed E-state index contributed by atoms with van der Waals surface area (Å²) in [5.74, 6) is 3.31. The van der Waals surface area contributed by atoms with Crippen LogP contribution in [0.4, 0.5) is 0 Å². The lowest BCUT2D eigenvalue weighted by molar-refractivity contribution is 0.584. The van der Waals surface area contributed by atoms with Gasteiger partial charge in [-0.05, 0) is 30.9 Å². The van der Waals surface area contributed by atoms with Crippen molar-refractivity contribution in [2.75, 3.05) is 18.1 Å². The van der Waals surface area contributed by atoms with Crippen molar-refractivity contribution in [3.63, 3.8) is 0 Å². The molecule has 0 fully saturated rings. The smallest absolute Gasteiger partial charge is 0.164 e. The number of nitrogens with zero attached hydrogens (tertiary/aromatic N) is 3. The number of rotatable bonds is 9. The Bertz CT molecular complexity index is 275. The maximum atomic E-state index is 4.41. The molecule has 0 spiro atoms. The molecule has 1 rings (SSSR count). The highest BCUT2D eigenvalue weighted by atomic mass is 32.2. The summed E-state index contributed by atoms with van der Waals surface area (Å²) in [4.78, 5) is 4.27. The van der Waals surface area contributed by atoms with Crippen LogP contribution in [0.5, 0.6) is 0 Å². The molecule has 1 N–H and O–H groups in total. The number of hydrogen-bond donors (Lipinski definition) is 1. The van der Waals surface area contributed by atoms with Gasteiger partial charge >= 0.3 is 0 Å². The minimum atomic E-state index is 0.782. The van der Waals surface area contributed by atoms with Crippen LogP contribution >= 0.6 is 11.8 Å². The highest BCUT2D eigenvalue weighted by Gasteiger charge is 1.99. The van der Waals surface area contributed by atoms with Gasteiger partial charge in [-0.2, -0.15) is 16.9 Å². The number of aromatic nitrogens is 3. The standard InChI is InChI=1S/C11H22N4S/c1-3-6-12-9-11-13-10-15(14-11)7-5-8-16-4-2/h10,12H,3-9H2,1-2H3. The van der Waals surface area contributed by atoms with Crippen molar-refractivity contribution in [1.82, 2.24) is 20.1 Å². The van der Waals surface area contributed by atoms with Crippen LogP contribution in [0.2, 0.25) is 0 Å². The zero-order valence-electron chi connectivity index (χ0n) is 10.3. The van der Waals surface area contributed by atoms with Crippen LogP contribution in [0, 0.1) is 0 Å². The molecule has 0 aliphatic heterocycles. The molecule has 0 aromatic carbocycles. The van der Waals surface area contributed by atoms with Gasteiger partial charge in [-0.25, -0.2) is 4.98 Å². The number of thioether (sulfide) groups is 1. The van der Waals surface area contributed by atoms with Gasteiger partial charge in [-0.15, -0.1) is 0 Å². The van der Waals surface area contributed by atoms with Gasteiger partial charge in [0, 0.05) is 6.54 Å². The number of nitrogens with one attached hydrogen (secondary N) is 1. The van der Waals surface area contributed by atoms with Gasteiger partial charge in [0.15, 0.2) is 5.82 Å². The van der Waals surface area contributed by atoms with E-state index in [1.807, 2.05) is 22.8 Å². The van der Waals surface area contributed by atoms with Crippen molar-refractivity contribution < 1.29 is 0 Å². The van der Waals surface area contributed by atoms with Crippen LogP contribution in [-0.4, -0.2) is 32.8 Å². The Balaban J connectivity index is 2.17. The predicted molar refractivity (Wildman–Crippen MR) is 69.6 cm³/mol. The Morgan fingerprint density at radius 1 is 1.44 bits per heavy atom. The van der Waals surface area contributed by atoms with Crippen molar-refractivity contribution in [3.05, 3.63) is 12.2 Å². The Morgan fingerprint density at radius 3 is 3.06 bits per heavy atom. The third-order valence-corrected chi connectivity index (χ3v) is 3.16. The second-order valence-corrected chi connectivity index (χ2v) is 5.04. The minimum absolute atomic E-state index is 0.782. The summed E-state index contributed by atoms with van der Waals surface area (Å²) < 4.78 is 1.94. The van der Waals surface area contributed by atoms with Crippen molar-refractivity contribution in [1.29, 1.82) is 0 Å². The maximum absolute atomic E-state index is 4.41. The van der Waals surface area contributed by atoms with Crippen molar-refractivity contribution in [2.24, 2.45) is 0 Å². The lowest BCUT2D eigenvalue weighted by Crippen LogP contribution is -2.15. The average Bonchev–Trinajstić information content (AvgIpc) is 2.73. The van der Waals surface area contributed by atoms with Crippen molar-refractivity contribution >= 4 is 11.8 Å². The molecule has 1 aromatic heterocycles. The quantitative estimate of drug-likeness (QED) is 0.672. The van der Waals surface area contributed by atoms with Crippen LogP contribution in [0.1, 0.15) is 32.5 Å². The fourth-order valence-electron chi connectivity index (χ4n) is 1.37. The maximum Gasteiger partial charge on any atom is 0.164 e. The fraction of sp³-hybridized carbons (Fsp3) is 0.818. The highest BCUT2D eigenvalue weighted by molar-refractivity contribution is 7.99. The lowest BCUT2D eigenvalue weighted by atomic mass is 10.5. The summed E-state index contributed by atoms with van der Waals surface area (Å²) in [6, 6.07) is 0. The van der Waals surface area contributed by atoms with E-state index in [0.717, 1.165) is 31.9 Å². The zero-order chi connectivity index (χ0) is 11.6. The molecule has 1 aromatic rings. The molecule has 0 unspecified atom stereocenters. The van der Waals surface area contributed by atoms with E-state index in [4.69, 9.17) is 0 Å². The molecule has 0 amide bonds. The SMILES string of the molecule is CCCNCc1ncn(CCCSCC)n1. The van der Waals surface area contributed by atoms with Gasteiger partial charge in [-0.3, -0.25) is 4.68 Å². The van der Waals surface area contributed by atoms with E-state index in [9.17, 15) is 0 Å². The van der Waals surface area contributed by atoms with E-state index in [-0.39, 0.29) is 0 Å². The zero-order valence-corrected chi connectivity index (χ0v) is 11.1. The third kappa shape index (κ3) is 5.51. The van der Waals surface area contributed by atoms with Gasteiger partial charge < -0.3 is 5.32 Å². The van der Waals surface area contributed by atoms with E-state index in [1.165, 1.54) is 17.9 Å². The second kappa shape index (κ2) is 8.58. The summed E-state index contributed by atoms with van der Waals surface area (Å²) in [5.41, 5.74) is 0. The Kier molecular flexibility index (Phi) is 7.25. The summed E-state index contributed by atoms with van der Waals surface area (Å²) in [5, 5.41) is 7.71. The van der Waals surface area contributed by atoms with Gasteiger partial charge in [0.25, 0.3) is 0 Å². The third-order valence-electron chi connectivity index (χ3n) is 2.17. The molecular formula is C11H22N4S. The molecular weight excluding hydrogens is 220 g/mol. The highest BCUT2D eigenvalue weighted by Crippen LogP contribution is 2.02. The van der Waals surface area contributed by atoms with Gasteiger partial charge in [0.1, 0.15) is 6.33 Å². The van der Waals surface area contributed by atoms with Crippen molar-refractivity contribution in [3.8, 4) is 0 Å². The van der Waals surface area contributed by atoms with Crippen LogP contribution < -0.4 is 5.32 Å². The molecule has 4 nitrogen and oxygen atoms in total. The molecule has 1 heterocycles. The lowest BCUT2D eigenvalue weighted by Gasteiger charge is -2.00. The first-order valence-corrected chi connectivity index (χ1v) is 7.19. The second-order valence-electron chi connectivity index (χ2n) is 3.65. The summed E-state index contributed by atoms with van der Waals surface area (Å²) in [6.07, 6.45) is 4.15. The van der Waals surface area contributed by atoms with Gasteiger partial charge in [-0.1, -0.05) is 13.8 Å². The molecule has 0 bridgehead atoms. The van der Waals surface area contributed by atoms with E-state index in [1.54, 1.807) is 0 Å². The summed E-state index contributed by atoms with van der Waals surface area (Å²) >= 11 is 1.98. The first-order chi connectivity index (χ1) is 7.86. The topological polar surface area (TPSA) is 42.7 Å². The normalized spacial score (nSPS) is 10.9. The minimum Gasteiger partial charge on any atom is -0.310 e. The van der Waals surface area contributed by atoms with Gasteiger partial charge in [0.2, 0.25) is 0 Å². The first-order valence-electron chi connectivity index (χ1n) is 6.03. The molecule has 0 saturated heterocycles. The Labute approximate surface area is 102 Å². The van der Waals surface area contributed by atoms with Crippen molar-refractivity contribution in [2.45, 2.75) is 39.8 Å². The molecule has 5 heteroatoms. The summed E-state index contributed by atoms with van der Waals surface area (Å²) in [6.45, 7) is 7.14. The monoisotopic (exact) mass is 242 g/mol. The number of hydrogen-bond acceptors (Lipinski definition) is 4. The Hall–Kier alpha value is -0.550. The van der Waals surface area contributed by atoms with Crippen LogP contribution in [0.25, 0.3) is 0 Å². The summed E-state index contributed by atoms with van der Waals surface area (Å²) in [7, 11) is 0. The van der Waals surface area contributed by atoms with E-state index in [0.29, 0.717) is 0 Å². The predicted octanol–water partition coefficient (Wildman–Crippen LogP) is 1.92. The van der Waals surface area contributed by atoms with Crippen LogP contribution in [0.15, 0.2) is 6.33 Å². The molecule has 16 heavy (non-hydrogen) atoms. The first kappa shape index (κ1) is 13.5. The van der Waals surface area contributed by atoms with E-state index >= 15 is 0 Å². The molecule has 0 aliphatic rings. The number of aryl methyl sites for hydroxylation is 1. The average molecular weight is 242 g/mol. The van der Waals surface area contributed by atoms with Crippen LogP contribution in [-0.2, 0) is 13.1 Å². The molecule has 0 aliphatic carbocycles. The molecule has 0 saturated carbocycles. The van der Waals surface area contributed by atoms with E-state index < -0.39 is 0 Å². The fourth-order valence-corrected chi connectivity index (χ4v) is 1.99. The molecule has 0 radical (unpaired) electrons. The van der Waals surface area contributed by atoms with Crippen LogP contribution in [0.3, 0.4) is 0 Å². The Morgan fingerprint density at radius 2 is 2.31 bits per heavy atom. The molecule has 0 atom stereocenters. The largest absolute Gasteiger partial charge is 0.310 e.